The van der Waals surface area contributed by atoms with Gasteiger partial charge in [0, 0.05) is 42.2 Å². The molecule has 1 aromatic heterocycles. The molecule has 2 aromatic carbocycles. The lowest BCUT2D eigenvalue weighted by Crippen LogP contribution is -2.43. The third-order valence-electron chi connectivity index (χ3n) is 6.94. The van der Waals surface area contributed by atoms with Gasteiger partial charge in [-0.25, -0.2) is 9.78 Å². The molecule has 196 valence electrons. The van der Waals surface area contributed by atoms with E-state index in [0.717, 1.165) is 60.8 Å². The van der Waals surface area contributed by atoms with Crippen molar-refractivity contribution in [3.05, 3.63) is 70.8 Å². The number of fused-ring (bicyclic) bond motifs is 1. The van der Waals surface area contributed by atoms with Gasteiger partial charge in [-0.1, -0.05) is 24.3 Å². The molecule has 37 heavy (non-hydrogen) atoms. The number of aliphatic hydroxyl groups excluding tert-OH is 1. The molecule has 8 nitrogen and oxygen atoms in total. The van der Waals surface area contributed by atoms with Crippen molar-refractivity contribution < 1.29 is 24.5 Å². The Bertz CT molecular complexity index is 1270. The zero-order chi connectivity index (χ0) is 26.4. The van der Waals surface area contributed by atoms with Gasteiger partial charge in [0.25, 0.3) is 0 Å². The Hall–Kier alpha value is -3.46. The first kappa shape index (κ1) is 26.6. The minimum Gasteiger partial charge on any atom is -0.496 e. The van der Waals surface area contributed by atoms with E-state index in [-0.39, 0.29) is 0 Å². The molecule has 1 atom stereocenters. The summed E-state index contributed by atoms with van der Waals surface area (Å²) in [5, 5.41) is 24.6. The molecule has 2 heterocycles. The molecule has 4 rings (SSSR count). The minimum atomic E-state index is -1.02. The third-order valence-corrected chi connectivity index (χ3v) is 6.94. The zero-order valence-corrected chi connectivity index (χ0v) is 21.6. The molecule has 1 fully saturated rings. The molecule has 1 saturated heterocycles. The van der Waals surface area contributed by atoms with Gasteiger partial charge in [0.2, 0.25) is 5.88 Å². The van der Waals surface area contributed by atoms with E-state index in [1.165, 1.54) is 5.56 Å². The molecule has 1 unspecified atom stereocenters. The van der Waals surface area contributed by atoms with Gasteiger partial charge < -0.3 is 29.9 Å². The number of rotatable bonds is 10. The Morgan fingerprint density at radius 2 is 1.95 bits per heavy atom. The molecule has 1 aliphatic heterocycles. The quantitative estimate of drug-likeness (QED) is 0.356. The van der Waals surface area contributed by atoms with Crippen molar-refractivity contribution in [2.45, 2.75) is 38.5 Å². The van der Waals surface area contributed by atoms with Crippen LogP contribution in [0.25, 0.3) is 17.0 Å². The Morgan fingerprint density at radius 1 is 1.16 bits per heavy atom. The Labute approximate surface area is 217 Å². The molecule has 0 spiro atoms. The van der Waals surface area contributed by atoms with Crippen molar-refractivity contribution in [1.29, 1.82) is 0 Å². The first-order valence-electron chi connectivity index (χ1n) is 12.5. The second kappa shape index (κ2) is 12.2. The van der Waals surface area contributed by atoms with E-state index in [0.29, 0.717) is 29.5 Å². The summed E-state index contributed by atoms with van der Waals surface area (Å²) in [6, 6.07) is 13.9. The number of nitrogens with zero attached hydrogens (tertiary/aromatic N) is 2. The van der Waals surface area contributed by atoms with Crippen LogP contribution in [0.5, 0.6) is 11.6 Å². The van der Waals surface area contributed by atoms with Crippen molar-refractivity contribution in [3.63, 3.8) is 0 Å². The number of hydrogen-bond donors (Lipinski definition) is 3. The highest BCUT2D eigenvalue weighted by Gasteiger charge is 2.23. The normalized spacial score (nSPS) is 15.8. The van der Waals surface area contributed by atoms with E-state index in [1.807, 2.05) is 24.3 Å². The van der Waals surface area contributed by atoms with E-state index in [4.69, 9.17) is 14.6 Å². The predicted molar refractivity (Wildman–Crippen MR) is 144 cm³/mol. The largest absolute Gasteiger partial charge is 0.496 e. The van der Waals surface area contributed by atoms with E-state index < -0.39 is 12.1 Å². The average molecular weight is 506 g/mol. The summed E-state index contributed by atoms with van der Waals surface area (Å²) in [6.07, 6.45) is 3.93. The number of carboxylic acids is 1. The van der Waals surface area contributed by atoms with Gasteiger partial charge in [0.05, 0.1) is 25.8 Å². The maximum atomic E-state index is 11.2. The topological polar surface area (TPSA) is 104 Å². The number of aryl methyl sites for hydroxylation is 1. The first-order chi connectivity index (χ1) is 17.9. The number of pyridine rings is 1. The standard InChI is InChI=1S/C29H35N3O5/c1-19-16-20(4-9-26(19)36-2)17-30-22-12-14-32(15-13-22)18-25(33)24-7-5-21(6-11-28(34)35)23-8-10-27(37-3)31-29(23)24/h4-11,16,22,25,30,33H,12-15,17-18H2,1-3H3,(H,34,35)/b11-6+. The summed E-state index contributed by atoms with van der Waals surface area (Å²) in [6.45, 7) is 5.17. The lowest BCUT2D eigenvalue weighted by molar-refractivity contribution is -0.131. The van der Waals surface area contributed by atoms with Gasteiger partial charge in [-0.3, -0.25) is 0 Å². The van der Waals surface area contributed by atoms with Crippen LogP contribution in [0.4, 0.5) is 0 Å². The lowest BCUT2D eigenvalue weighted by atomic mass is 9.98. The number of aliphatic hydroxyl groups is 1. The van der Waals surface area contributed by atoms with Crippen LogP contribution in [0.3, 0.4) is 0 Å². The van der Waals surface area contributed by atoms with Crippen molar-refractivity contribution in [1.82, 2.24) is 15.2 Å². The number of β-amino-alcohol motifs (C(OH)–C–C–N with tert-alkyl or cyclic N) is 1. The maximum Gasteiger partial charge on any atom is 0.328 e. The van der Waals surface area contributed by atoms with Gasteiger partial charge in [0.15, 0.2) is 0 Å². The number of methoxy groups -OCH3 is 2. The zero-order valence-electron chi connectivity index (χ0n) is 21.6. The number of aliphatic carboxylic acids is 1. The highest BCUT2D eigenvalue weighted by atomic mass is 16.5. The highest BCUT2D eigenvalue weighted by molar-refractivity contribution is 5.94. The predicted octanol–water partition coefficient (Wildman–Crippen LogP) is 3.95. The number of likely N-dealkylation sites (tertiary alicyclic amines) is 1. The van der Waals surface area contributed by atoms with Gasteiger partial charge >= 0.3 is 5.97 Å². The van der Waals surface area contributed by atoms with Gasteiger partial charge in [-0.2, -0.15) is 0 Å². The van der Waals surface area contributed by atoms with Gasteiger partial charge in [-0.15, -0.1) is 0 Å². The smallest absolute Gasteiger partial charge is 0.328 e. The van der Waals surface area contributed by atoms with Crippen molar-refractivity contribution in [3.8, 4) is 11.6 Å². The number of carbonyl (C=O) groups is 1. The summed E-state index contributed by atoms with van der Waals surface area (Å²) >= 11 is 0. The number of nitrogens with one attached hydrogen (secondary N) is 1. The van der Waals surface area contributed by atoms with Crippen molar-refractivity contribution >= 4 is 22.9 Å². The van der Waals surface area contributed by atoms with E-state index in [9.17, 15) is 9.90 Å². The third kappa shape index (κ3) is 6.65. The minimum absolute atomic E-state index is 0.433. The molecule has 0 saturated carbocycles. The monoisotopic (exact) mass is 505 g/mol. The molecular formula is C29H35N3O5. The van der Waals surface area contributed by atoms with Crippen molar-refractivity contribution in [2.75, 3.05) is 33.9 Å². The van der Waals surface area contributed by atoms with Crippen LogP contribution < -0.4 is 14.8 Å². The summed E-state index contributed by atoms with van der Waals surface area (Å²) in [7, 11) is 3.24. The second-order valence-electron chi connectivity index (χ2n) is 9.44. The molecule has 3 aromatic rings. The summed E-state index contributed by atoms with van der Waals surface area (Å²) in [5.74, 6) is 0.332. The fourth-order valence-corrected chi connectivity index (χ4v) is 4.91. The lowest BCUT2D eigenvalue weighted by Gasteiger charge is -2.34. The molecule has 8 heteroatoms. The number of carboxylic acid groups (broad SMARTS) is 1. The number of hydrogen-bond acceptors (Lipinski definition) is 7. The second-order valence-corrected chi connectivity index (χ2v) is 9.44. The van der Waals surface area contributed by atoms with Crippen LogP contribution in [0, 0.1) is 6.92 Å². The molecule has 0 radical (unpaired) electrons. The number of ether oxygens (including phenoxy) is 2. The van der Waals surface area contributed by atoms with Crippen LogP contribution in [0.1, 0.15) is 41.2 Å². The first-order valence-corrected chi connectivity index (χ1v) is 12.5. The van der Waals surface area contributed by atoms with Crippen LogP contribution in [0.15, 0.2) is 48.5 Å². The van der Waals surface area contributed by atoms with Crippen LogP contribution in [-0.4, -0.2) is 66.0 Å². The maximum absolute atomic E-state index is 11.2. The SMILES string of the molecule is COc1ccc2c(/C=C/C(=O)O)ccc(C(O)CN3CCC(NCc4ccc(OC)c(C)c4)CC3)c2n1. The van der Waals surface area contributed by atoms with Crippen molar-refractivity contribution in [2.24, 2.45) is 0 Å². The van der Waals surface area contributed by atoms with E-state index in [2.05, 4.69) is 34.3 Å². The van der Waals surface area contributed by atoms with Crippen LogP contribution in [0.2, 0.25) is 0 Å². The molecular weight excluding hydrogens is 470 g/mol. The Kier molecular flexibility index (Phi) is 8.76. The molecule has 3 N–H and O–H groups in total. The van der Waals surface area contributed by atoms with Gasteiger partial charge in [-0.05, 0) is 67.8 Å². The fourth-order valence-electron chi connectivity index (χ4n) is 4.91. The summed E-state index contributed by atoms with van der Waals surface area (Å²) in [4.78, 5) is 17.9. The highest BCUT2D eigenvalue weighted by Crippen LogP contribution is 2.30. The van der Waals surface area contributed by atoms with Crippen LogP contribution in [-0.2, 0) is 11.3 Å². The van der Waals surface area contributed by atoms with E-state index >= 15 is 0 Å². The Balaban J connectivity index is 1.38. The average Bonchev–Trinajstić information content (AvgIpc) is 2.90. The molecule has 0 amide bonds. The number of piperidine rings is 1. The molecule has 1 aliphatic rings. The number of aromatic nitrogens is 1. The summed E-state index contributed by atoms with van der Waals surface area (Å²) < 4.78 is 10.7. The molecule has 0 bridgehead atoms. The van der Waals surface area contributed by atoms with Crippen LogP contribution >= 0.6 is 0 Å². The summed E-state index contributed by atoms with van der Waals surface area (Å²) in [5.41, 5.74) is 4.42. The Morgan fingerprint density at radius 3 is 2.62 bits per heavy atom. The fraction of sp³-hybridized carbons (Fsp3) is 0.379. The van der Waals surface area contributed by atoms with E-state index in [1.54, 1.807) is 26.4 Å². The van der Waals surface area contributed by atoms with Gasteiger partial charge in [0.1, 0.15) is 5.75 Å². The molecule has 0 aliphatic carbocycles. The number of benzene rings is 2.